The van der Waals surface area contributed by atoms with E-state index in [1.165, 1.54) is 11.3 Å². The van der Waals surface area contributed by atoms with Crippen molar-refractivity contribution in [3.8, 4) is 16.3 Å². The van der Waals surface area contributed by atoms with E-state index in [9.17, 15) is 9.59 Å². The molecule has 1 atom stereocenters. The van der Waals surface area contributed by atoms with E-state index in [0.717, 1.165) is 11.3 Å². The molecule has 0 aliphatic heterocycles. The van der Waals surface area contributed by atoms with Gasteiger partial charge in [0.1, 0.15) is 16.5 Å². The molecule has 0 fully saturated rings. The van der Waals surface area contributed by atoms with E-state index in [-0.39, 0.29) is 11.5 Å². The molecule has 0 bridgehead atoms. The Morgan fingerprint density at radius 2 is 2.04 bits per heavy atom. The molecule has 0 spiro atoms. The summed E-state index contributed by atoms with van der Waals surface area (Å²) in [4.78, 5) is 29.0. The Hall–Kier alpha value is -3.20. The Kier molecular flexibility index (Phi) is 6.05. The van der Waals surface area contributed by atoms with E-state index >= 15 is 0 Å². The summed E-state index contributed by atoms with van der Waals surface area (Å²) in [5.74, 6) is 0.435. The smallest absolute Gasteiger partial charge is 0.358 e. The second-order valence-electron chi connectivity index (χ2n) is 5.88. The highest BCUT2D eigenvalue weighted by Gasteiger charge is 2.24. The lowest BCUT2D eigenvalue weighted by Gasteiger charge is -2.14. The van der Waals surface area contributed by atoms with Gasteiger partial charge in [0.2, 0.25) is 0 Å². The number of anilines is 1. The van der Waals surface area contributed by atoms with Crippen molar-refractivity contribution in [1.82, 2.24) is 10.1 Å². The number of methoxy groups -OCH3 is 1. The number of ether oxygens (including phenoxy) is 2. The van der Waals surface area contributed by atoms with Crippen LogP contribution >= 0.6 is 11.3 Å². The summed E-state index contributed by atoms with van der Waals surface area (Å²) in [6.07, 6.45) is -0.653. The maximum absolute atomic E-state index is 12.4. The lowest BCUT2D eigenvalue weighted by atomic mass is 10.2. The van der Waals surface area contributed by atoms with Gasteiger partial charge in [0.15, 0.2) is 17.6 Å². The van der Waals surface area contributed by atoms with E-state index in [1.54, 1.807) is 32.4 Å². The number of aromatic nitrogens is 2. The van der Waals surface area contributed by atoms with Crippen molar-refractivity contribution in [2.45, 2.75) is 26.4 Å². The van der Waals surface area contributed by atoms with Crippen LogP contribution in [-0.2, 0) is 9.53 Å². The zero-order chi connectivity index (χ0) is 20.1. The molecule has 8 nitrogen and oxygen atoms in total. The molecule has 0 saturated heterocycles. The molecule has 0 aliphatic carbocycles. The Morgan fingerprint density at radius 1 is 1.29 bits per heavy atom. The highest BCUT2D eigenvalue weighted by Crippen LogP contribution is 2.26. The van der Waals surface area contributed by atoms with Crippen molar-refractivity contribution in [1.29, 1.82) is 0 Å². The molecule has 1 unspecified atom stereocenters. The highest BCUT2D eigenvalue weighted by atomic mass is 32.1. The molecule has 28 heavy (non-hydrogen) atoms. The predicted molar refractivity (Wildman–Crippen MR) is 103 cm³/mol. The van der Waals surface area contributed by atoms with Crippen molar-refractivity contribution in [2.75, 3.05) is 12.4 Å². The standard InChI is InChI=1S/C19H19N3O5S/c1-4-15(17(23)21-16-9-11(2)27-22-16)26-19(24)14-10-28-18(20-14)12-5-7-13(25-3)8-6-12/h5-10,15H,4H2,1-3H3,(H,21,22,23). The maximum atomic E-state index is 12.4. The van der Waals surface area contributed by atoms with Gasteiger partial charge in [-0.3, -0.25) is 4.79 Å². The summed E-state index contributed by atoms with van der Waals surface area (Å²) >= 11 is 1.32. The van der Waals surface area contributed by atoms with E-state index in [1.807, 2.05) is 24.3 Å². The topological polar surface area (TPSA) is 104 Å². The number of rotatable bonds is 7. The Morgan fingerprint density at radius 3 is 2.64 bits per heavy atom. The largest absolute Gasteiger partial charge is 0.497 e. The van der Waals surface area contributed by atoms with Crippen LogP contribution < -0.4 is 10.1 Å². The minimum atomic E-state index is -0.962. The molecule has 1 N–H and O–H groups in total. The SMILES string of the molecule is CCC(OC(=O)c1csc(-c2ccc(OC)cc2)n1)C(=O)Nc1cc(C)on1. The van der Waals surface area contributed by atoms with Crippen molar-refractivity contribution >= 4 is 29.0 Å². The number of nitrogens with zero attached hydrogens (tertiary/aromatic N) is 2. The minimum absolute atomic E-state index is 0.152. The van der Waals surface area contributed by atoms with Gasteiger partial charge >= 0.3 is 5.97 Å². The summed E-state index contributed by atoms with van der Waals surface area (Å²) in [6, 6.07) is 8.92. The predicted octanol–water partition coefficient (Wildman–Crippen LogP) is 3.69. The molecule has 0 radical (unpaired) electrons. The number of benzene rings is 1. The first-order valence-corrected chi connectivity index (χ1v) is 9.43. The summed E-state index contributed by atoms with van der Waals surface area (Å²) in [5.41, 5.74) is 1.01. The van der Waals surface area contributed by atoms with E-state index in [0.29, 0.717) is 17.2 Å². The molecule has 1 amide bonds. The number of nitrogens with one attached hydrogen (secondary N) is 1. The van der Waals surface area contributed by atoms with Crippen LogP contribution in [0.2, 0.25) is 0 Å². The zero-order valence-corrected chi connectivity index (χ0v) is 16.4. The Balaban J connectivity index is 1.65. The first kappa shape index (κ1) is 19.6. The van der Waals surface area contributed by atoms with Crippen LogP contribution in [0.25, 0.3) is 10.6 Å². The number of hydrogen-bond donors (Lipinski definition) is 1. The Labute approximate surface area is 165 Å². The summed E-state index contributed by atoms with van der Waals surface area (Å²) in [6.45, 7) is 3.46. The van der Waals surface area contributed by atoms with E-state index in [4.69, 9.17) is 14.0 Å². The fourth-order valence-electron chi connectivity index (χ4n) is 2.38. The molecule has 146 valence electrons. The van der Waals surface area contributed by atoms with Crippen LogP contribution in [0.5, 0.6) is 5.75 Å². The van der Waals surface area contributed by atoms with Crippen molar-refractivity contribution in [3.63, 3.8) is 0 Å². The first-order chi connectivity index (χ1) is 13.5. The molecule has 3 aromatic rings. The number of amides is 1. The molecule has 0 aliphatic rings. The second-order valence-corrected chi connectivity index (χ2v) is 6.74. The molecule has 9 heteroatoms. The first-order valence-electron chi connectivity index (χ1n) is 8.55. The van der Waals surface area contributed by atoms with Gasteiger partial charge in [0.05, 0.1) is 7.11 Å². The minimum Gasteiger partial charge on any atom is -0.497 e. The number of hydrogen-bond acceptors (Lipinski definition) is 8. The van der Waals surface area contributed by atoms with Gasteiger partial charge < -0.3 is 19.3 Å². The highest BCUT2D eigenvalue weighted by molar-refractivity contribution is 7.13. The van der Waals surface area contributed by atoms with Gasteiger partial charge in [-0.1, -0.05) is 12.1 Å². The van der Waals surface area contributed by atoms with Crippen LogP contribution in [0.4, 0.5) is 5.82 Å². The average molecular weight is 401 g/mol. The monoisotopic (exact) mass is 401 g/mol. The van der Waals surface area contributed by atoms with E-state index < -0.39 is 18.0 Å². The maximum Gasteiger partial charge on any atom is 0.358 e. The van der Waals surface area contributed by atoms with Crippen molar-refractivity contribution in [2.24, 2.45) is 0 Å². The van der Waals surface area contributed by atoms with Crippen LogP contribution in [0.1, 0.15) is 29.6 Å². The van der Waals surface area contributed by atoms with Crippen molar-refractivity contribution in [3.05, 3.63) is 47.2 Å². The molecular formula is C19H19N3O5S. The van der Waals surface area contributed by atoms with Gasteiger partial charge in [-0.15, -0.1) is 11.3 Å². The molecule has 3 rings (SSSR count). The van der Waals surface area contributed by atoms with Gasteiger partial charge in [-0.05, 0) is 37.6 Å². The number of esters is 1. The van der Waals surface area contributed by atoms with Gasteiger partial charge in [0.25, 0.3) is 5.91 Å². The second kappa shape index (κ2) is 8.66. The molecular weight excluding hydrogens is 382 g/mol. The molecule has 1 aromatic carbocycles. The molecule has 2 heterocycles. The third-order valence-corrected chi connectivity index (χ3v) is 4.73. The number of carbonyl (C=O) groups excluding carboxylic acids is 2. The number of thiazole rings is 1. The van der Waals surface area contributed by atoms with Crippen molar-refractivity contribution < 1.29 is 23.6 Å². The fourth-order valence-corrected chi connectivity index (χ4v) is 3.17. The van der Waals surface area contributed by atoms with Crippen LogP contribution in [0.3, 0.4) is 0 Å². The number of aryl methyl sites for hydroxylation is 1. The lowest BCUT2D eigenvalue weighted by Crippen LogP contribution is -2.32. The third kappa shape index (κ3) is 4.55. The summed E-state index contributed by atoms with van der Waals surface area (Å²) < 4.78 is 15.4. The lowest BCUT2D eigenvalue weighted by molar-refractivity contribution is -0.124. The van der Waals surface area contributed by atoms with Crippen LogP contribution in [0.15, 0.2) is 40.2 Å². The fraction of sp³-hybridized carbons (Fsp3) is 0.263. The van der Waals surface area contributed by atoms with Crippen LogP contribution in [-0.4, -0.2) is 35.2 Å². The normalized spacial score (nSPS) is 11.7. The zero-order valence-electron chi connectivity index (χ0n) is 15.6. The van der Waals surface area contributed by atoms with Gasteiger partial charge in [-0.2, -0.15) is 0 Å². The quantitative estimate of drug-likeness (QED) is 0.602. The van der Waals surface area contributed by atoms with Gasteiger partial charge in [-0.25, -0.2) is 9.78 Å². The average Bonchev–Trinajstić information content (AvgIpc) is 3.35. The van der Waals surface area contributed by atoms with Crippen LogP contribution in [0, 0.1) is 6.92 Å². The van der Waals surface area contributed by atoms with E-state index in [2.05, 4.69) is 15.5 Å². The summed E-state index contributed by atoms with van der Waals surface area (Å²) in [5, 5.41) is 8.53. The van der Waals surface area contributed by atoms with Gasteiger partial charge in [0, 0.05) is 17.0 Å². The Bertz CT molecular complexity index is 964. The number of carbonyl (C=O) groups is 2. The molecule has 0 saturated carbocycles. The summed E-state index contributed by atoms with van der Waals surface area (Å²) in [7, 11) is 1.59. The third-order valence-electron chi connectivity index (χ3n) is 3.84. The molecule has 2 aromatic heterocycles.